The second-order valence-corrected chi connectivity index (χ2v) is 26.3. The van der Waals surface area contributed by atoms with E-state index < -0.39 is 127 Å². The molecule has 0 aromatic heterocycles. The smallest absolute Gasteiger partial charge is 0.416 e. The molecule has 0 radical (unpaired) electrons. The van der Waals surface area contributed by atoms with Crippen LogP contribution in [0.3, 0.4) is 0 Å². The van der Waals surface area contributed by atoms with Gasteiger partial charge >= 0.3 is 30.5 Å². The van der Waals surface area contributed by atoms with Gasteiger partial charge in [-0.25, -0.2) is 30.6 Å². The highest BCUT2D eigenvalue weighted by atomic mass is 35.7. The summed E-state index contributed by atoms with van der Waals surface area (Å²) >= 11 is 17.9. The largest absolute Gasteiger partial charge is 0.749 e. The quantitative estimate of drug-likeness (QED) is 0.0236. The average molecular weight is 1460 g/mol. The van der Waals surface area contributed by atoms with Gasteiger partial charge in [-0.2, -0.15) is 43.2 Å². The number of alkyl halides is 9. The number of ether oxygens (including phenoxy) is 4. The average Bonchev–Trinajstić information content (AvgIpc) is 0.799. The number of anilines is 2. The number of phenolic OH excluding ortho intramolecular Hbond substituents is 3. The Morgan fingerprint density at radius 3 is 1.30 bits per heavy atom. The van der Waals surface area contributed by atoms with Gasteiger partial charge in [0.1, 0.15) is 49.6 Å². The van der Waals surface area contributed by atoms with Crippen LogP contribution in [0.25, 0.3) is 22.3 Å². The lowest BCUT2D eigenvalue weighted by Crippen LogP contribution is -2.27. The van der Waals surface area contributed by atoms with Crippen LogP contribution in [0, 0.1) is 0 Å². The third-order valence-corrected chi connectivity index (χ3v) is 14.6. The van der Waals surface area contributed by atoms with Crippen LogP contribution in [-0.4, -0.2) is 77.3 Å². The molecule has 0 bridgehead atoms. The Labute approximate surface area is 547 Å². The summed E-state index contributed by atoms with van der Waals surface area (Å²) in [6.07, 6.45) is -14.1. The molecule has 0 aliphatic heterocycles. The van der Waals surface area contributed by atoms with Crippen LogP contribution in [0.1, 0.15) is 58.2 Å². The number of esters is 2. The SMILES string of the molecule is CC(C)(C)OC(=O)COc1ccc(-c2ccccc2)cc1N.CC(C)(C)OC(=O)COc1ccc(-c2ccccc2)cc1NS(=O)(=O)c1cc(C(F)(F)F)cc(Cl)c1O.O=S(=O)(Cl)c1cc(C(F)(F)F)cc(Cl)c1O.O=S([O-])OCl.Oc1ccc(C(F)(F)F)cc1Cl. The highest BCUT2D eigenvalue weighted by molar-refractivity contribution is 8.13. The fourth-order valence-corrected chi connectivity index (χ4v) is 9.70. The summed E-state index contributed by atoms with van der Waals surface area (Å²) in [6.45, 7) is 9.68. The molecule has 0 aliphatic carbocycles. The van der Waals surface area contributed by atoms with E-state index in [9.17, 15) is 71.0 Å². The highest BCUT2D eigenvalue weighted by Gasteiger charge is 2.36. The number of benzene rings is 7. The van der Waals surface area contributed by atoms with Crippen LogP contribution in [0.15, 0.2) is 149 Å². The van der Waals surface area contributed by atoms with E-state index in [1.54, 1.807) is 63.2 Å². The van der Waals surface area contributed by atoms with Gasteiger partial charge in [0.05, 0.1) is 55.0 Å². The number of hydrogen-bond donors (Lipinski definition) is 5. The zero-order valence-corrected chi connectivity index (χ0v) is 54.2. The molecule has 1 unspecified atom stereocenters. The molecule has 7 rings (SSSR count). The number of nitrogens with two attached hydrogens (primary N) is 1. The summed E-state index contributed by atoms with van der Waals surface area (Å²) in [6, 6.07) is 32.3. The number of sulfonamides is 1. The van der Waals surface area contributed by atoms with Gasteiger partial charge in [0.15, 0.2) is 24.7 Å². The number of aromatic hydroxyl groups is 3. The first-order valence-corrected chi connectivity index (χ1v) is 31.3. The van der Waals surface area contributed by atoms with Crippen molar-refractivity contribution < 1.29 is 113 Å². The van der Waals surface area contributed by atoms with Crippen molar-refractivity contribution in [3.8, 4) is 51.0 Å². The van der Waals surface area contributed by atoms with Crippen molar-refractivity contribution in [3.05, 3.63) is 171 Å². The lowest BCUT2D eigenvalue weighted by molar-refractivity contribution is -0.158. The molecular formula is C57H51Cl5F9N2O16S3-. The van der Waals surface area contributed by atoms with E-state index >= 15 is 0 Å². The topological polar surface area (TPSA) is 287 Å². The number of rotatable bonds is 13. The Morgan fingerprint density at radius 2 is 0.924 bits per heavy atom. The Hall–Kier alpha value is -7.13. The van der Waals surface area contributed by atoms with Gasteiger partial charge in [-0.3, -0.25) is 4.72 Å². The highest BCUT2D eigenvalue weighted by Crippen LogP contribution is 2.43. The van der Waals surface area contributed by atoms with E-state index in [1.807, 2.05) is 63.2 Å². The number of phenols is 3. The zero-order chi connectivity index (χ0) is 70.1. The number of nitrogens with one attached hydrogen (secondary N) is 1. The molecule has 0 fully saturated rings. The molecule has 0 saturated carbocycles. The number of nitrogen functional groups attached to an aromatic ring is 1. The first kappa shape index (κ1) is 79.1. The number of carbonyl (C=O) groups is 2. The van der Waals surface area contributed by atoms with Crippen molar-refractivity contribution in [1.82, 2.24) is 0 Å². The molecule has 7 aromatic carbocycles. The van der Waals surface area contributed by atoms with Crippen LogP contribution in [-0.2, 0) is 71.8 Å². The maximum absolute atomic E-state index is 13.3. The first-order valence-electron chi connectivity index (χ1n) is 25.1. The van der Waals surface area contributed by atoms with Crippen LogP contribution in [0.4, 0.5) is 50.9 Å². The fraction of sp³-hybridized carbons (Fsp3) is 0.228. The second kappa shape index (κ2) is 33.1. The van der Waals surface area contributed by atoms with Gasteiger partial charge in [-0.05, 0) is 131 Å². The maximum atomic E-state index is 13.3. The minimum Gasteiger partial charge on any atom is -0.749 e. The number of hydrogen-bond acceptors (Lipinski definition) is 17. The summed E-state index contributed by atoms with van der Waals surface area (Å²) in [4.78, 5) is 21.6. The van der Waals surface area contributed by atoms with Crippen LogP contribution < -0.4 is 19.9 Å². The van der Waals surface area contributed by atoms with E-state index in [-0.39, 0.29) is 40.9 Å². The lowest BCUT2D eigenvalue weighted by Gasteiger charge is -2.20. The molecule has 0 amide bonds. The first-order chi connectivity index (χ1) is 42.1. The Morgan fingerprint density at radius 1 is 0.543 bits per heavy atom. The third-order valence-electron chi connectivity index (χ3n) is 10.6. The van der Waals surface area contributed by atoms with Crippen molar-refractivity contribution in [2.24, 2.45) is 0 Å². The summed E-state index contributed by atoms with van der Waals surface area (Å²) in [7, 11) is -4.48. The molecule has 92 heavy (non-hydrogen) atoms. The monoisotopic (exact) mass is 1460 g/mol. The minimum absolute atomic E-state index is 0.105. The van der Waals surface area contributed by atoms with Gasteiger partial charge in [0.2, 0.25) is 0 Å². The molecule has 7 aromatic rings. The predicted octanol–water partition coefficient (Wildman–Crippen LogP) is 15.9. The minimum atomic E-state index is -4.92. The molecular weight excluding hydrogens is 1410 g/mol. The molecule has 1 atom stereocenters. The predicted molar refractivity (Wildman–Crippen MR) is 325 cm³/mol. The van der Waals surface area contributed by atoms with Gasteiger partial charge in [0, 0.05) is 10.7 Å². The summed E-state index contributed by atoms with van der Waals surface area (Å²) in [5.74, 6) is -3.20. The van der Waals surface area contributed by atoms with Crippen LogP contribution >= 0.6 is 57.4 Å². The molecule has 0 aliphatic rings. The summed E-state index contributed by atoms with van der Waals surface area (Å²) < 4.78 is 205. The van der Waals surface area contributed by atoms with Crippen molar-refractivity contribution in [3.63, 3.8) is 0 Å². The Balaban J connectivity index is 0.000000339. The van der Waals surface area contributed by atoms with Gasteiger partial charge in [0.25, 0.3) is 19.1 Å². The molecule has 0 heterocycles. The molecule has 0 saturated heterocycles. The molecule has 6 N–H and O–H groups in total. The van der Waals surface area contributed by atoms with E-state index in [0.29, 0.717) is 40.8 Å². The third kappa shape index (κ3) is 26.5. The van der Waals surface area contributed by atoms with Crippen LogP contribution in [0.5, 0.6) is 28.7 Å². The Kier molecular flexibility index (Phi) is 28.5. The zero-order valence-electron chi connectivity index (χ0n) is 47.9. The maximum Gasteiger partial charge on any atom is 0.416 e. The fourth-order valence-electron chi connectivity index (χ4n) is 6.80. The molecule has 0 spiro atoms. The van der Waals surface area contributed by atoms with Crippen molar-refractivity contribution in [1.29, 1.82) is 0 Å². The standard InChI is InChI=1S/C25H23ClF3NO6S.C18H21NO3.C7H3Cl2F3O3S.C7H4ClF3O.ClHO3S/c1-24(2,3)36-22(31)14-35-20-10-9-16(15-7-5-4-6-8-15)11-19(20)30-37(33,34)21-13-17(25(27,28)29)12-18(26)23(21)32;1-18(2,3)22-17(20)12-21-16-10-9-14(11-15(16)19)13-7-5-4-6-8-13;8-4-1-3(7(10,11)12)2-5(6(4)13)16(9,14)15;8-5-3-4(7(9,10)11)1-2-6(5)12;1-4-5(2)3/h4-13,30,32H,14H2,1-3H3;4-11H,12,19H2,1-3H3;1-2,13H;1-3,12H;(H,2,3)/p-1. The van der Waals surface area contributed by atoms with E-state index in [2.05, 4.69) is 20.3 Å². The Bertz CT molecular complexity index is 3940. The number of carbonyl (C=O) groups excluding carboxylic acids is 2. The van der Waals surface area contributed by atoms with Crippen molar-refractivity contribution >= 4 is 111 Å². The summed E-state index contributed by atoms with van der Waals surface area (Å²) in [5, 5.41) is 26.3. The summed E-state index contributed by atoms with van der Waals surface area (Å²) in [5.41, 5.74) is 4.75. The second-order valence-electron chi connectivity index (χ2n) is 20.0. The van der Waals surface area contributed by atoms with E-state index in [4.69, 9.17) is 89.1 Å². The van der Waals surface area contributed by atoms with Crippen molar-refractivity contribution in [2.45, 2.75) is 81.1 Å². The molecule has 18 nitrogen and oxygen atoms in total. The molecule has 35 heteroatoms. The van der Waals surface area contributed by atoms with Gasteiger partial charge in [-0.1, -0.05) is 108 Å². The normalized spacial score (nSPS) is 12.1. The van der Waals surface area contributed by atoms with Gasteiger partial charge in [-0.15, -0.1) is 0 Å². The van der Waals surface area contributed by atoms with Gasteiger partial charge < -0.3 is 44.6 Å². The van der Waals surface area contributed by atoms with Crippen molar-refractivity contribution in [2.75, 3.05) is 23.7 Å². The van der Waals surface area contributed by atoms with Crippen LogP contribution in [0.2, 0.25) is 15.1 Å². The van der Waals surface area contributed by atoms with E-state index in [1.165, 1.54) is 12.1 Å². The molecule has 502 valence electrons. The van der Waals surface area contributed by atoms with E-state index in [0.717, 1.165) is 23.3 Å². The lowest BCUT2D eigenvalue weighted by atomic mass is 10.1. The number of halogens is 14.